The van der Waals surface area contributed by atoms with E-state index in [1.54, 1.807) is 11.3 Å². The maximum absolute atomic E-state index is 6.01. The summed E-state index contributed by atoms with van der Waals surface area (Å²) in [5.74, 6) is 0. The Hall–Kier alpha value is -0.350. The largest absolute Gasteiger partial charge is 0.310 e. The van der Waals surface area contributed by atoms with Crippen LogP contribution in [-0.2, 0) is 6.42 Å². The van der Waals surface area contributed by atoms with E-state index in [1.807, 2.05) is 12.1 Å². The Morgan fingerprint density at radius 1 is 1.26 bits per heavy atom. The van der Waals surface area contributed by atoms with Crippen molar-refractivity contribution in [3.63, 3.8) is 0 Å². The van der Waals surface area contributed by atoms with Crippen molar-refractivity contribution < 1.29 is 0 Å². The zero-order chi connectivity index (χ0) is 13.7. The number of rotatable bonds is 6. The Bertz CT molecular complexity index is 526. The van der Waals surface area contributed by atoms with Gasteiger partial charge in [0.15, 0.2) is 0 Å². The molecule has 0 saturated heterocycles. The zero-order valence-electron chi connectivity index (χ0n) is 10.8. The fourth-order valence-corrected chi connectivity index (χ4v) is 3.73. The summed E-state index contributed by atoms with van der Waals surface area (Å²) >= 11 is 11.3. The van der Waals surface area contributed by atoms with Gasteiger partial charge < -0.3 is 5.32 Å². The Kier molecular flexibility index (Phi) is 5.89. The molecule has 1 aromatic heterocycles. The third-order valence-electron chi connectivity index (χ3n) is 2.96. The minimum Gasteiger partial charge on any atom is -0.310 e. The average Bonchev–Trinajstić information content (AvgIpc) is 2.81. The summed E-state index contributed by atoms with van der Waals surface area (Å²) in [7, 11) is 0. The first-order valence-electron chi connectivity index (χ1n) is 6.42. The van der Waals surface area contributed by atoms with Gasteiger partial charge in [-0.15, -0.1) is 11.3 Å². The minimum atomic E-state index is 0.324. The van der Waals surface area contributed by atoms with Crippen LogP contribution in [0.25, 0.3) is 0 Å². The molecule has 1 nitrogen and oxygen atoms in total. The molecule has 1 N–H and O–H groups in total. The van der Waals surface area contributed by atoms with Crippen molar-refractivity contribution in [2.75, 3.05) is 6.54 Å². The molecule has 1 unspecified atom stereocenters. The summed E-state index contributed by atoms with van der Waals surface area (Å²) in [5.41, 5.74) is 1.31. The van der Waals surface area contributed by atoms with Crippen LogP contribution in [0.15, 0.2) is 40.9 Å². The third kappa shape index (κ3) is 4.32. The molecule has 0 aliphatic heterocycles. The van der Waals surface area contributed by atoms with E-state index in [-0.39, 0.29) is 0 Å². The van der Waals surface area contributed by atoms with Crippen LogP contribution in [0.4, 0.5) is 0 Å². The van der Waals surface area contributed by atoms with Gasteiger partial charge in [-0.2, -0.15) is 0 Å². The molecule has 19 heavy (non-hydrogen) atoms. The summed E-state index contributed by atoms with van der Waals surface area (Å²) in [6.45, 7) is 3.21. The van der Waals surface area contributed by atoms with E-state index in [9.17, 15) is 0 Å². The van der Waals surface area contributed by atoms with Crippen molar-refractivity contribution in [3.05, 3.63) is 55.6 Å². The summed E-state index contributed by atoms with van der Waals surface area (Å²) in [4.78, 5) is 1.31. The lowest BCUT2D eigenvalue weighted by Crippen LogP contribution is -2.24. The Morgan fingerprint density at radius 3 is 2.68 bits per heavy atom. The van der Waals surface area contributed by atoms with Crippen LogP contribution in [0.5, 0.6) is 0 Å². The van der Waals surface area contributed by atoms with Gasteiger partial charge in [0.2, 0.25) is 0 Å². The zero-order valence-corrected chi connectivity index (χ0v) is 14.0. The van der Waals surface area contributed by atoms with Gasteiger partial charge in [0, 0.05) is 21.8 Å². The van der Waals surface area contributed by atoms with E-state index in [0.717, 1.165) is 28.2 Å². The summed E-state index contributed by atoms with van der Waals surface area (Å²) in [6, 6.07) is 12.8. The van der Waals surface area contributed by atoms with E-state index in [1.165, 1.54) is 10.4 Å². The highest BCUT2D eigenvalue weighted by Crippen LogP contribution is 2.29. The van der Waals surface area contributed by atoms with E-state index in [4.69, 9.17) is 11.6 Å². The van der Waals surface area contributed by atoms with Crippen LogP contribution in [-0.4, -0.2) is 6.54 Å². The standard InChI is InChI=1S/C15H17BrClNS/c1-2-9-18-14(10-11-7-8-15(17)19-11)12-5-3-4-6-13(12)16/h3-8,14,18H,2,9-10H2,1H3. The van der Waals surface area contributed by atoms with Crippen molar-refractivity contribution in [1.82, 2.24) is 5.32 Å². The van der Waals surface area contributed by atoms with Crippen LogP contribution < -0.4 is 5.32 Å². The third-order valence-corrected chi connectivity index (χ3v) is 4.93. The van der Waals surface area contributed by atoms with E-state index >= 15 is 0 Å². The minimum absolute atomic E-state index is 0.324. The number of benzene rings is 1. The number of halogens is 2. The molecule has 0 aliphatic rings. The van der Waals surface area contributed by atoms with E-state index in [0.29, 0.717) is 6.04 Å². The van der Waals surface area contributed by atoms with Gasteiger partial charge in [-0.05, 0) is 36.7 Å². The second-order valence-electron chi connectivity index (χ2n) is 4.44. The van der Waals surface area contributed by atoms with Crippen LogP contribution in [0.1, 0.15) is 29.8 Å². The van der Waals surface area contributed by atoms with Crippen molar-refractivity contribution >= 4 is 38.9 Å². The first-order valence-corrected chi connectivity index (χ1v) is 8.41. The highest BCUT2D eigenvalue weighted by atomic mass is 79.9. The molecular weight excluding hydrogens is 342 g/mol. The SMILES string of the molecule is CCCNC(Cc1ccc(Cl)s1)c1ccccc1Br. The van der Waals surface area contributed by atoms with Gasteiger partial charge in [-0.1, -0.05) is 52.7 Å². The molecular formula is C15H17BrClNS. The van der Waals surface area contributed by atoms with Crippen molar-refractivity contribution in [3.8, 4) is 0 Å². The predicted octanol–water partition coefficient (Wildman–Crippen LogP) is 5.45. The molecule has 0 aliphatic carbocycles. The first-order chi connectivity index (χ1) is 9.20. The number of hydrogen-bond acceptors (Lipinski definition) is 2. The molecule has 4 heteroatoms. The second-order valence-corrected chi connectivity index (χ2v) is 7.09. The fourth-order valence-electron chi connectivity index (χ4n) is 2.03. The number of thiophene rings is 1. The van der Waals surface area contributed by atoms with Gasteiger partial charge in [-0.3, -0.25) is 0 Å². The number of hydrogen-bond donors (Lipinski definition) is 1. The number of nitrogens with one attached hydrogen (secondary N) is 1. The van der Waals surface area contributed by atoms with Crippen molar-refractivity contribution in [1.29, 1.82) is 0 Å². The summed E-state index contributed by atoms with van der Waals surface area (Å²) in [5, 5.41) is 3.62. The molecule has 0 fully saturated rings. The lowest BCUT2D eigenvalue weighted by Gasteiger charge is -2.19. The summed E-state index contributed by atoms with van der Waals surface area (Å²) < 4.78 is 2.02. The van der Waals surface area contributed by atoms with E-state index in [2.05, 4.69) is 52.4 Å². The molecule has 1 aromatic carbocycles. The molecule has 1 atom stereocenters. The molecule has 0 amide bonds. The fraction of sp³-hybridized carbons (Fsp3) is 0.333. The molecule has 102 valence electrons. The van der Waals surface area contributed by atoms with Gasteiger partial charge in [0.05, 0.1) is 4.34 Å². The monoisotopic (exact) mass is 357 g/mol. The van der Waals surface area contributed by atoms with E-state index < -0.39 is 0 Å². The van der Waals surface area contributed by atoms with Gasteiger partial charge in [0.25, 0.3) is 0 Å². The quantitative estimate of drug-likeness (QED) is 0.724. The van der Waals surface area contributed by atoms with Crippen LogP contribution in [0, 0.1) is 0 Å². The molecule has 2 aromatic rings. The molecule has 0 radical (unpaired) electrons. The topological polar surface area (TPSA) is 12.0 Å². The Morgan fingerprint density at radius 2 is 2.05 bits per heavy atom. The lowest BCUT2D eigenvalue weighted by atomic mass is 10.0. The Balaban J connectivity index is 2.18. The van der Waals surface area contributed by atoms with Crippen LogP contribution in [0.3, 0.4) is 0 Å². The molecule has 1 heterocycles. The predicted molar refractivity (Wildman–Crippen MR) is 88.2 cm³/mol. The first kappa shape index (κ1) is 15.0. The highest BCUT2D eigenvalue weighted by Gasteiger charge is 2.15. The Labute approximate surface area is 132 Å². The maximum atomic E-state index is 6.01. The molecule has 0 spiro atoms. The van der Waals surface area contributed by atoms with Crippen LogP contribution in [0.2, 0.25) is 4.34 Å². The smallest absolute Gasteiger partial charge is 0.0931 e. The maximum Gasteiger partial charge on any atom is 0.0931 e. The molecule has 0 bridgehead atoms. The van der Waals surface area contributed by atoms with Gasteiger partial charge in [-0.25, -0.2) is 0 Å². The lowest BCUT2D eigenvalue weighted by molar-refractivity contribution is 0.530. The molecule has 2 rings (SSSR count). The van der Waals surface area contributed by atoms with Crippen molar-refractivity contribution in [2.45, 2.75) is 25.8 Å². The molecule has 0 saturated carbocycles. The van der Waals surface area contributed by atoms with Crippen LogP contribution >= 0.6 is 38.9 Å². The average molecular weight is 359 g/mol. The van der Waals surface area contributed by atoms with Crippen molar-refractivity contribution in [2.24, 2.45) is 0 Å². The second kappa shape index (κ2) is 7.44. The highest BCUT2D eigenvalue weighted by molar-refractivity contribution is 9.10. The van der Waals surface area contributed by atoms with Gasteiger partial charge >= 0.3 is 0 Å². The van der Waals surface area contributed by atoms with Gasteiger partial charge in [0.1, 0.15) is 0 Å². The summed E-state index contributed by atoms with van der Waals surface area (Å²) in [6.07, 6.45) is 2.10. The normalized spacial score (nSPS) is 12.6.